The molecule has 0 aliphatic rings. The average Bonchev–Trinajstić information content (AvgIpc) is 2.30. The minimum Gasteiger partial charge on any atom is -0.478 e. The number of carboxylic acids is 1. The second-order valence-corrected chi connectivity index (χ2v) is 6.29. The smallest absolute Gasteiger partial charge is 0.335 e. The van der Waals surface area contributed by atoms with E-state index < -0.39 is 16.0 Å². The molecule has 0 saturated heterocycles. The van der Waals surface area contributed by atoms with Crippen LogP contribution in [0.25, 0.3) is 0 Å². The first-order chi connectivity index (χ1) is 9.21. The number of carbonyl (C=O) groups is 1. The number of hydrogen-bond donors (Lipinski definition) is 3. The van der Waals surface area contributed by atoms with Crippen LogP contribution in [0, 0.1) is 0 Å². The Kier molecular flexibility index (Phi) is 5.34. The van der Waals surface area contributed by atoms with Gasteiger partial charge in [-0.25, -0.2) is 13.2 Å². The SMILES string of the molecule is CC(C)OCCS(=O)(=O)Nc1ccc(C(=O)O)cc1N. The monoisotopic (exact) mass is 302 g/mol. The molecule has 1 rings (SSSR count). The zero-order valence-corrected chi connectivity index (χ0v) is 12.1. The van der Waals surface area contributed by atoms with Gasteiger partial charge in [-0.2, -0.15) is 0 Å². The van der Waals surface area contributed by atoms with Gasteiger partial charge in [0.1, 0.15) is 0 Å². The molecule has 0 atom stereocenters. The maximum absolute atomic E-state index is 11.8. The highest BCUT2D eigenvalue weighted by atomic mass is 32.2. The summed E-state index contributed by atoms with van der Waals surface area (Å²) in [5.41, 5.74) is 5.82. The first-order valence-corrected chi connectivity index (χ1v) is 7.61. The summed E-state index contributed by atoms with van der Waals surface area (Å²) in [6.45, 7) is 3.69. The number of nitrogens with two attached hydrogens (primary N) is 1. The maximum Gasteiger partial charge on any atom is 0.335 e. The number of aromatic carboxylic acids is 1. The quantitative estimate of drug-likeness (QED) is 0.650. The molecule has 0 aliphatic heterocycles. The van der Waals surface area contributed by atoms with Crippen LogP contribution in [0.2, 0.25) is 0 Å². The van der Waals surface area contributed by atoms with Crippen LogP contribution in [-0.4, -0.2) is 38.0 Å². The lowest BCUT2D eigenvalue weighted by Gasteiger charge is -2.12. The van der Waals surface area contributed by atoms with Crippen molar-refractivity contribution in [3.05, 3.63) is 23.8 Å². The zero-order chi connectivity index (χ0) is 15.3. The molecule has 1 aromatic rings. The fraction of sp³-hybridized carbons (Fsp3) is 0.417. The Morgan fingerprint density at radius 3 is 2.60 bits per heavy atom. The third-order valence-corrected chi connectivity index (χ3v) is 3.60. The molecule has 8 heteroatoms. The van der Waals surface area contributed by atoms with Gasteiger partial charge in [0.2, 0.25) is 10.0 Å². The van der Waals surface area contributed by atoms with E-state index >= 15 is 0 Å². The summed E-state index contributed by atoms with van der Waals surface area (Å²) in [4.78, 5) is 10.7. The van der Waals surface area contributed by atoms with Crippen molar-refractivity contribution in [3.8, 4) is 0 Å². The second-order valence-electron chi connectivity index (χ2n) is 4.45. The Hall–Kier alpha value is -1.80. The number of rotatable bonds is 7. The summed E-state index contributed by atoms with van der Waals surface area (Å²) in [7, 11) is -3.59. The van der Waals surface area contributed by atoms with Gasteiger partial charge < -0.3 is 15.6 Å². The van der Waals surface area contributed by atoms with Crippen molar-refractivity contribution in [2.45, 2.75) is 20.0 Å². The van der Waals surface area contributed by atoms with Crippen molar-refractivity contribution in [3.63, 3.8) is 0 Å². The summed E-state index contributed by atoms with van der Waals surface area (Å²) in [5.74, 6) is -1.33. The van der Waals surface area contributed by atoms with Gasteiger partial charge in [-0.1, -0.05) is 0 Å². The molecule has 0 unspecified atom stereocenters. The molecule has 0 aromatic heterocycles. The Bertz CT molecular complexity index is 584. The van der Waals surface area contributed by atoms with Crippen molar-refractivity contribution in [2.24, 2.45) is 0 Å². The number of sulfonamides is 1. The van der Waals surface area contributed by atoms with Gasteiger partial charge in [0.15, 0.2) is 0 Å². The topological polar surface area (TPSA) is 119 Å². The van der Waals surface area contributed by atoms with E-state index in [1.54, 1.807) is 0 Å². The molecule has 112 valence electrons. The van der Waals surface area contributed by atoms with E-state index in [1.165, 1.54) is 18.2 Å². The Balaban J connectivity index is 2.75. The fourth-order valence-electron chi connectivity index (χ4n) is 1.40. The maximum atomic E-state index is 11.8. The Labute approximate surface area is 117 Å². The Morgan fingerprint density at radius 2 is 2.10 bits per heavy atom. The summed E-state index contributed by atoms with van der Waals surface area (Å²) >= 11 is 0. The van der Waals surface area contributed by atoms with Gasteiger partial charge in [-0.05, 0) is 32.0 Å². The minimum atomic E-state index is -3.59. The van der Waals surface area contributed by atoms with Crippen LogP contribution >= 0.6 is 0 Å². The van der Waals surface area contributed by atoms with Crippen LogP contribution in [0.3, 0.4) is 0 Å². The van der Waals surface area contributed by atoms with Crippen LogP contribution in [0.5, 0.6) is 0 Å². The molecule has 0 heterocycles. The molecule has 4 N–H and O–H groups in total. The molecule has 0 amide bonds. The van der Waals surface area contributed by atoms with Crippen LogP contribution in [-0.2, 0) is 14.8 Å². The summed E-state index contributed by atoms with van der Waals surface area (Å²) in [6.07, 6.45) is -0.0508. The lowest BCUT2D eigenvalue weighted by Crippen LogP contribution is -2.22. The highest BCUT2D eigenvalue weighted by molar-refractivity contribution is 7.92. The third kappa shape index (κ3) is 5.06. The summed E-state index contributed by atoms with van der Waals surface area (Å²) < 4.78 is 31.0. The van der Waals surface area contributed by atoms with E-state index in [0.29, 0.717) is 0 Å². The molecule has 0 radical (unpaired) electrons. The van der Waals surface area contributed by atoms with E-state index in [2.05, 4.69) is 4.72 Å². The first kappa shape index (κ1) is 16.3. The van der Waals surface area contributed by atoms with Gasteiger partial charge in [0.05, 0.1) is 35.4 Å². The molecule has 20 heavy (non-hydrogen) atoms. The second kappa shape index (κ2) is 6.58. The van der Waals surface area contributed by atoms with Crippen molar-refractivity contribution in [1.82, 2.24) is 0 Å². The van der Waals surface area contributed by atoms with E-state index in [4.69, 9.17) is 15.6 Å². The minimum absolute atomic E-state index is 0.00594. The lowest BCUT2D eigenvalue weighted by atomic mass is 10.2. The summed E-state index contributed by atoms with van der Waals surface area (Å²) in [5, 5.41) is 8.79. The number of carboxylic acid groups (broad SMARTS) is 1. The van der Waals surface area contributed by atoms with E-state index in [9.17, 15) is 13.2 Å². The van der Waals surface area contributed by atoms with E-state index in [-0.39, 0.29) is 35.4 Å². The number of hydrogen-bond acceptors (Lipinski definition) is 5. The van der Waals surface area contributed by atoms with Crippen LogP contribution in [0.4, 0.5) is 11.4 Å². The molecule has 0 aliphatic carbocycles. The van der Waals surface area contributed by atoms with Gasteiger partial charge >= 0.3 is 5.97 Å². The number of nitrogens with one attached hydrogen (secondary N) is 1. The van der Waals surface area contributed by atoms with Gasteiger partial charge in [0.25, 0.3) is 0 Å². The molecule has 1 aromatic carbocycles. The number of benzene rings is 1. The van der Waals surface area contributed by atoms with Crippen LogP contribution in [0.1, 0.15) is 24.2 Å². The largest absolute Gasteiger partial charge is 0.478 e. The normalized spacial score (nSPS) is 11.6. The molecule has 0 spiro atoms. The van der Waals surface area contributed by atoms with Gasteiger partial charge in [-0.15, -0.1) is 0 Å². The third-order valence-electron chi connectivity index (χ3n) is 2.37. The molecular formula is C12H18N2O5S. The predicted molar refractivity (Wildman–Crippen MR) is 76.3 cm³/mol. The van der Waals surface area contributed by atoms with Crippen molar-refractivity contribution >= 4 is 27.4 Å². The lowest BCUT2D eigenvalue weighted by molar-refractivity contribution is 0.0697. The number of nitrogen functional groups attached to an aromatic ring is 1. The molecule has 0 fully saturated rings. The van der Waals surface area contributed by atoms with Crippen LogP contribution in [0.15, 0.2) is 18.2 Å². The van der Waals surface area contributed by atoms with E-state index in [0.717, 1.165) is 0 Å². The predicted octanol–water partition coefficient (Wildman–Crippen LogP) is 1.13. The van der Waals surface area contributed by atoms with Crippen LogP contribution < -0.4 is 10.5 Å². The zero-order valence-electron chi connectivity index (χ0n) is 11.3. The molecule has 0 saturated carbocycles. The summed E-state index contributed by atoms with van der Waals surface area (Å²) in [6, 6.07) is 3.80. The Morgan fingerprint density at radius 1 is 1.45 bits per heavy atom. The number of ether oxygens (including phenoxy) is 1. The van der Waals surface area contributed by atoms with Crippen molar-refractivity contribution < 1.29 is 23.1 Å². The van der Waals surface area contributed by atoms with Gasteiger partial charge in [-0.3, -0.25) is 4.72 Å². The fourth-order valence-corrected chi connectivity index (χ4v) is 2.34. The van der Waals surface area contributed by atoms with Crippen molar-refractivity contribution in [1.29, 1.82) is 0 Å². The van der Waals surface area contributed by atoms with E-state index in [1.807, 2.05) is 13.8 Å². The average molecular weight is 302 g/mol. The molecular weight excluding hydrogens is 284 g/mol. The highest BCUT2D eigenvalue weighted by Crippen LogP contribution is 2.21. The molecule has 0 bridgehead atoms. The van der Waals surface area contributed by atoms with Gasteiger partial charge in [0, 0.05) is 0 Å². The number of anilines is 2. The molecule has 7 nitrogen and oxygen atoms in total. The first-order valence-electron chi connectivity index (χ1n) is 5.96. The highest BCUT2D eigenvalue weighted by Gasteiger charge is 2.14. The standard InChI is InChI=1S/C12H18N2O5S/c1-8(2)19-5-6-20(17,18)14-11-4-3-9(12(15)16)7-10(11)13/h3-4,7-8,14H,5-6,13H2,1-2H3,(H,15,16). The van der Waals surface area contributed by atoms with Crippen molar-refractivity contribution in [2.75, 3.05) is 22.8 Å².